The minimum atomic E-state index is 0.467. The summed E-state index contributed by atoms with van der Waals surface area (Å²) in [6, 6.07) is 9.88. The fourth-order valence-corrected chi connectivity index (χ4v) is 3.86. The Morgan fingerprint density at radius 1 is 1.20 bits per heavy atom. The molecule has 1 aromatic rings. The molecule has 1 aromatic carbocycles. The van der Waals surface area contributed by atoms with E-state index < -0.39 is 0 Å². The summed E-state index contributed by atoms with van der Waals surface area (Å²) in [7, 11) is 0. The molecule has 0 amide bonds. The fourth-order valence-electron chi connectivity index (χ4n) is 3.86. The van der Waals surface area contributed by atoms with Gasteiger partial charge in [0, 0.05) is 6.04 Å². The zero-order chi connectivity index (χ0) is 14.6. The van der Waals surface area contributed by atoms with E-state index in [-0.39, 0.29) is 0 Å². The van der Waals surface area contributed by atoms with E-state index in [9.17, 15) is 0 Å². The lowest BCUT2D eigenvalue weighted by atomic mass is 9.75. The molecule has 1 fully saturated rings. The van der Waals surface area contributed by atoms with Crippen molar-refractivity contribution in [1.82, 2.24) is 5.32 Å². The average molecular weight is 273 g/mol. The predicted octanol–water partition coefficient (Wildman–Crippen LogP) is 5.12. The Labute approximate surface area is 125 Å². The summed E-state index contributed by atoms with van der Waals surface area (Å²) >= 11 is 0. The molecule has 0 bridgehead atoms. The number of rotatable bonds is 6. The van der Waals surface area contributed by atoms with Gasteiger partial charge < -0.3 is 5.32 Å². The molecule has 0 radical (unpaired) electrons. The number of hydrogen-bond donors (Lipinski definition) is 1. The Morgan fingerprint density at radius 2 is 1.90 bits per heavy atom. The highest BCUT2D eigenvalue weighted by atomic mass is 14.9. The maximum absolute atomic E-state index is 3.75. The van der Waals surface area contributed by atoms with Crippen molar-refractivity contribution in [1.29, 1.82) is 0 Å². The summed E-state index contributed by atoms with van der Waals surface area (Å²) in [5, 5.41) is 3.75. The topological polar surface area (TPSA) is 12.0 Å². The van der Waals surface area contributed by atoms with E-state index in [0.29, 0.717) is 11.5 Å². The Bertz CT molecular complexity index is 404. The van der Waals surface area contributed by atoms with Crippen LogP contribution in [0.15, 0.2) is 24.3 Å². The van der Waals surface area contributed by atoms with Crippen LogP contribution in [0.4, 0.5) is 0 Å². The van der Waals surface area contributed by atoms with Crippen LogP contribution in [0.1, 0.15) is 70.5 Å². The van der Waals surface area contributed by atoms with E-state index in [4.69, 9.17) is 0 Å². The number of nitrogens with one attached hydrogen (secondary N) is 1. The Balaban J connectivity index is 2.19. The summed E-state index contributed by atoms with van der Waals surface area (Å²) in [4.78, 5) is 0. The van der Waals surface area contributed by atoms with Gasteiger partial charge in [0.15, 0.2) is 0 Å². The van der Waals surface area contributed by atoms with Crippen LogP contribution in [0.2, 0.25) is 0 Å². The van der Waals surface area contributed by atoms with Crippen LogP contribution < -0.4 is 5.32 Å². The van der Waals surface area contributed by atoms with E-state index in [2.05, 4.69) is 57.3 Å². The van der Waals surface area contributed by atoms with Gasteiger partial charge in [-0.25, -0.2) is 0 Å². The van der Waals surface area contributed by atoms with Crippen LogP contribution in [0.5, 0.6) is 0 Å². The van der Waals surface area contributed by atoms with Gasteiger partial charge in [0.1, 0.15) is 0 Å². The van der Waals surface area contributed by atoms with Crippen LogP contribution in [-0.2, 0) is 6.42 Å². The second-order valence-corrected chi connectivity index (χ2v) is 7.01. The van der Waals surface area contributed by atoms with Crippen molar-refractivity contribution in [2.75, 3.05) is 6.54 Å². The first kappa shape index (κ1) is 15.6. The summed E-state index contributed by atoms with van der Waals surface area (Å²) in [6.07, 6.45) is 6.54. The largest absolute Gasteiger partial charge is 0.310 e. The van der Waals surface area contributed by atoms with E-state index in [1.807, 2.05) is 0 Å². The second kappa shape index (κ2) is 6.76. The normalized spacial score (nSPS) is 22.9. The lowest BCUT2D eigenvalue weighted by Gasteiger charge is -2.35. The summed E-state index contributed by atoms with van der Waals surface area (Å²) < 4.78 is 0. The fraction of sp³-hybridized carbons (Fsp3) is 0.684. The smallest absolute Gasteiger partial charge is 0.0353 e. The average Bonchev–Trinajstić information content (AvgIpc) is 2.77. The van der Waals surface area contributed by atoms with Gasteiger partial charge >= 0.3 is 0 Å². The minimum Gasteiger partial charge on any atom is -0.310 e. The molecule has 0 spiro atoms. The molecule has 1 N–H and O–H groups in total. The minimum absolute atomic E-state index is 0.467. The van der Waals surface area contributed by atoms with Crippen LogP contribution in [0.3, 0.4) is 0 Å². The summed E-state index contributed by atoms with van der Waals surface area (Å²) in [5.74, 6) is 0.763. The van der Waals surface area contributed by atoms with Crippen LogP contribution in [0.25, 0.3) is 0 Å². The molecular formula is C19H31N. The maximum Gasteiger partial charge on any atom is 0.0353 e. The molecule has 0 aliphatic heterocycles. The van der Waals surface area contributed by atoms with E-state index in [1.54, 1.807) is 0 Å². The molecule has 1 nitrogen and oxygen atoms in total. The molecule has 1 aliphatic rings. The number of benzene rings is 1. The molecule has 0 heterocycles. The van der Waals surface area contributed by atoms with Crippen molar-refractivity contribution in [2.24, 2.45) is 11.3 Å². The third kappa shape index (κ3) is 3.44. The van der Waals surface area contributed by atoms with Crippen molar-refractivity contribution in [3.05, 3.63) is 35.4 Å². The van der Waals surface area contributed by atoms with Gasteiger partial charge in [-0.15, -0.1) is 0 Å². The zero-order valence-electron chi connectivity index (χ0n) is 13.7. The maximum atomic E-state index is 3.75. The first-order chi connectivity index (χ1) is 9.58. The Morgan fingerprint density at radius 3 is 2.40 bits per heavy atom. The highest BCUT2D eigenvalue weighted by Gasteiger charge is 2.39. The first-order valence-corrected chi connectivity index (χ1v) is 8.40. The molecule has 1 heteroatoms. The highest BCUT2D eigenvalue weighted by molar-refractivity contribution is 5.26. The van der Waals surface area contributed by atoms with Crippen molar-refractivity contribution >= 4 is 0 Å². The molecular weight excluding hydrogens is 242 g/mol. The molecule has 1 saturated carbocycles. The van der Waals surface area contributed by atoms with Gasteiger partial charge in [-0.3, -0.25) is 0 Å². The lowest BCUT2D eigenvalue weighted by molar-refractivity contribution is 0.199. The van der Waals surface area contributed by atoms with Crippen LogP contribution >= 0.6 is 0 Å². The molecule has 0 saturated heterocycles. The molecule has 0 aromatic heterocycles. The number of hydrogen-bond acceptors (Lipinski definition) is 1. The van der Waals surface area contributed by atoms with Gasteiger partial charge in [0.05, 0.1) is 0 Å². The first-order valence-electron chi connectivity index (χ1n) is 8.40. The second-order valence-electron chi connectivity index (χ2n) is 7.01. The predicted molar refractivity (Wildman–Crippen MR) is 88.0 cm³/mol. The third-order valence-corrected chi connectivity index (χ3v) is 5.04. The van der Waals surface area contributed by atoms with E-state index in [0.717, 1.165) is 12.5 Å². The molecule has 1 aliphatic carbocycles. The van der Waals surface area contributed by atoms with Crippen molar-refractivity contribution in [3.63, 3.8) is 0 Å². The molecule has 2 atom stereocenters. The van der Waals surface area contributed by atoms with Gasteiger partial charge in [0.2, 0.25) is 0 Å². The van der Waals surface area contributed by atoms with Crippen LogP contribution in [-0.4, -0.2) is 6.54 Å². The molecule has 2 rings (SSSR count). The zero-order valence-corrected chi connectivity index (χ0v) is 13.7. The van der Waals surface area contributed by atoms with Gasteiger partial charge in [-0.2, -0.15) is 0 Å². The standard InChI is InChI=1S/C19H31N/c1-5-8-15-10-12-16(13-11-15)18(20-6-2)17-9-7-14-19(17,3)4/h10-13,17-18,20H,5-9,14H2,1-4H3. The Kier molecular flexibility index (Phi) is 5.26. The number of aryl methyl sites for hydroxylation is 1. The lowest BCUT2D eigenvalue weighted by Crippen LogP contribution is -2.33. The molecule has 2 unspecified atom stereocenters. The SMILES string of the molecule is CCCc1ccc(C(NCC)C2CCCC2(C)C)cc1. The van der Waals surface area contributed by atoms with Gasteiger partial charge in [0.25, 0.3) is 0 Å². The molecule has 20 heavy (non-hydrogen) atoms. The highest BCUT2D eigenvalue weighted by Crippen LogP contribution is 2.48. The van der Waals surface area contributed by atoms with Crippen LogP contribution in [0, 0.1) is 11.3 Å². The van der Waals surface area contributed by atoms with Gasteiger partial charge in [-0.1, -0.05) is 64.8 Å². The Hall–Kier alpha value is -0.820. The van der Waals surface area contributed by atoms with Gasteiger partial charge in [-0.05, 0) is 48.3 Å². The van der Waals surface area contributed by atoms with E-state index in [1.165, 1.54) is 43.2 Å². The van der Waals surface area contributed by atoms with Crippen molar-refractivity contribution in [2.45, 2.75) is 65.8 Å². The summed E-state index contributed by atoms with van der Waals surface area (Å²) in [6.45, 7) is 10.4. The third-order valence-electron chi connectivity index (χ3n) is 5.04. The molecule has 112 valence electrons. The van der Waals surface area contributed by atoms with Crippen molar-refractivity contribution < 1.29 is 0 Å². The quantitative estimate of drug-likeness (QED) is 0.759. The van der Waals surface area contributed by atoms with Crippen molar-refractivity contribution in [3.8, 4) is 0 Å². The summed E-state index contributed by atoms with van der Waals surface area (Å²) in [5.41, 5.74) is 3.42. The van der Waals surface area contributed by atoms with E-state index >= 15 is 0 Å². The monoisotopic (exact) mass is 273 g/mol.